The highest BCUT2D eigenvalue weighted by molar-refractivity contribution is 6.42. The van der Waals surface area contributed by atoms with E-state index in [2.05, 4.69) is 5.32 Å². The Balaban J connectivity index is 2.05. The van der Waals surface area contributed by atoms with E-state index in [0.29, 0.717) is 31.9 Å². The molecule has 1 N–H and O–H groups in total. The van der Waals surface area contributed by atoms with E-state index in [1.54, 1.807) is 13.8 Å². The van der Waals surface area contributed by atoms with Crippen molar-refractivity contribution in [2.75, 3.05) is 30.9 Å². The predicted molar refractivity (Wildman–Crippen MR) is 106 cm³/mol. The van der Waals surface area contributed by atoms with E-state index in [1.807, 2.05) is 43.3 Å². The van der Waals surface area contributed by atoms with Crippen molar-refractivity contribution in [3.05, 3.63) is 50.5 Å². The molecule has 0 atom stereocenters. The lowest BCUT2D eigenvalue weighted by Gasteiger charge is -2.16. The lowest BCUT2D eigenvalue weighted by atomic mass is 10.1. The molecule has 0 bridgehead atoms. The molecule has 2 aromatic carbocycles. The van der Waals surface area contributed by atoms with E-state index in [4.69, 9.17) is 39.5 Å². The van der Waals surface area contributed by atoms with Crippen molar-refractivity contribution in [3.8, 4) is 5.75 Å². The third-order valence-electron chi connectivity index (χ3n) is 3.73. The maximum absolute atomic E-state index is 12.1. The molecule has 0 heterocycles. The van der Waals surface area contributed by atoms with Crippen LogP contribution in [0.5, 0.6) is 5.75 Å². The van der Waals surface area contributed by atoms with Gasteiger partial charge < -0.3 is 15.0 Å². The van der Waals surface area contributed by atoms with Crippen molar-refractivity contribution >= 4 is 52.1 Å². The first kappa shape index (κ1) is 19.7. The van der Waals surface area contributed by atoms with Gasteiger partial charge in [-0.1, -0.05) is 34.8 Å². The van der Waals surface area contributed by atoms with Gasteiger partial charge in [0.1, 0.15) is 0 Å². The summed E-state index contributed by atoms with van der Waals surface area (Å²) in [6.45, 7) is 3.33. The van der Waals surface area contributed by atoms with E-state index in [0.717, 1.165) is 5.69 Å². The third-order valence-corrected chi connectivity index (χ3v) is 5.21. The number of halogens is 3. The highest BCUT2D eigenvalue weighted by Crippen LogP contribution is 2.42. The van der Waals surface area contributed by atoms with E-state index in [1.165, 1.54) is 0 Å². The molecule has 0 aliphatic carbocycles. The molecular formula is C18H19Cl3N2O2. The molecule has 7 heteroatoms. The molecule has 0 aliphatic heterocycles. The first-order valence-corrected chi connectivity index (χ1v) is 8.69. The van der Waals surface area contributed by atoms with Crippen LogP contribution in [0.2, 0.25) is 15.1 Å². The van der Waals surface area contributed by atoms with Crippen LogP contribution in [-0.2, 0) is 4.79 Å². The van der Waals surface area contributed by atoms with E-state index < -0.39 is 0 Å². The fraction of sp³-hybridized carbons (Fsp3) is 0.278. The fourth-order valence-corrected chi connectivity index (χ4v) is 3.04. The van der Waals surface area contributed by atoms with Gasteiger partial charge in [-0.2, -0.15) is 0 Å². The van der Waals surface area contributed by atoms with Gasteiger partial charge in [0.2, 0.25) is 0 Å². The van der Waals surface area contributed by atoms with E-state index >= 15 is 0 Å². The molecule has 0 aliphatic rings. The second-order valence-corrected chi connectivity index (χ2v) is 6.93. The summed E-state index contributed by atoms with van der Waals surface area (Å²) in [6, 6.07) is 7.47. The van der Waals surface area contributed by atoms with E-state index in [9.17, 15) is 4.79 Å². The highest BCUT2D eigenvalue weighted by atomic mass is 35.5. The predicted octanol–water partition coefficient (Wildman–Crippen LogP) is 5.35. The monoisotopic (exact) mass is 400 g/mol. The van der Waals surface area contributed by atoms with Gasteiger partial charge in [-0.05, 0) is 49.2 Å². The summed E-state index contributed by atoms with van der Waals surface area (Å²) in [4.78, 5) is 14.1. The highest BCUT2D eigenvalue weighted by Gasteiger charge is 2.18. The largest absolute Gasteiger partial charge is 0.481 e. The lowest BCUT2D eigenvalue weighted by molar-refractivity contribution is -0.118. The third kappa shape index (κ3) is 4.51. The summed E-state index contributed by atoms with van der Waals surface area (Å²) in [6.07, 6.45) is 0. The maximum atomic E-state index is 12.1. The minimum Gasteiger partial charge on any atom is -0.481 e. The number of rotatable bonds is 5. The van der Waals surface area contributed by atoms with Gasteiger partial charge in [0, 0.05) is 30.5 Å². The molecule has 2 rings (SSSR count). The van der Waals surface area contributed by atoms with Crippen molar-refractivity contribution in [3.63, 3.8) is 0 Å². The Morgan fingerprint density at radius 2 is 1.52 bits per heavy atom. The average molecular weight is 402 g/mol. The van der Waals surface area contributed by atoms with Crippen molar-refractivity contribution < 1.29 is 9.53 Å². The molecule has 0 fully saturated rings. The Hall–Kier alpha value is -1.62. The summed E-state index contributed by atoms with van der Waals surface area (Å²) >= 11 is 18.6. The van der Waals surface area contributed by atoms with Gasteiger partial charge >= 0.3 is 0 Å². The number of amides is 1. The quantitative estimate of drug-likeness (QED) is 0.734. The van der Waals surface area contributed by atoms with Gasteiger partial charge in [-0.3, -0.25) is 4.79 Å². The number of benzene rings is 2. The van der Waals surface area contributed by atoms with Gasteiger partial charge in [-0.15, -0.1) is 0 Å². The zero-order valence-corrected chi connectivity index (χ0v) is 16.7. The van der Waals surface area contributed by atoms with Gasteiger partial charge in [-0.25, -0.2) is 0 Å². The van der Waals surface area contributed by atoms with Crippen LogP contribution in [0.15, 0.2) is 24.3 Å². The molecule has 0 saturated heterocycles. The smallest absolute Gasteiger partial charge is 0.262 e. The molecule has 0 saturated carbocycles. The van der Waals surface area contributed by atoms with Crippen molar-refractivity contribution in [1.29, 1.82) is 0 Å². The van der Waals surface area contributed by atoms with Crippen LogP contribution in [0, 0.1) is 13.8 Å². The Labute approximate surface area is 162 Å². The molecule has 134 valence electrons. The molecule has 0 aromatic heterocycles. The number of anilines is 2. The second-order valence-electron chi connectivity index (χ2n) is 5.80. The number of nitrogens with zero attached hydrogens (tertiary/aromatic N) is 1. The standard InChI is InChI=1S/C18H19Cl3N2O2/c1-10-15(19)11(2)17(21)18(16(10)20)25-9-14(24)22-12-5-7-13(8-6-12)23(3)4/h5-8H,9H2,1-4H3,(H,22,24). The zero-order chi connectivity index (χ0) is 18.7. The molecule has 0 unspecified atom stereocenters. The Kier molecular flexibility index (Phi) is 6.44. The average Bonchev–Trinajstić information content (AvgIpc) is 2.58. The van der Waals surface area contributed by atoms with Crippen LogP contribution in [0.25, 0.3) is 0 Å². The van der Waals surface area contributed by atoms with Crippen LogP contribution in [-0.4, -0.2) is 26.6 Å². The van der Waals surface area contributed by atoms with Gasteiger partial charge in [0.25, 0.3) is 5.91 Å². The van der Waals surface area contributed by atoms with Gasteiger partial charge in [0.05, 0.1) is 10.0 Å². The summed E-state index contributed by atoms with van der Waals surface area (Å²) in [5.74, 6) is -0.0455. The summed E-state index contributed by atoms with van der Waals surface area (Å²) in [5, 5.41) is 3.87. The molecule has 2 aromatic rings. The maximum Gasteiger partial charge on any atom is 0.262 e. The molecule has 25 heavy (non-hydrogen) atoms. The zero-order valence-electron chi connectivity index (χ0n) is 14.4. The van der Waals surface area contributed by atoms with E-state index in [-0.39, 0.29) is 18.3 Å². The van der Waals surface area contributed by atoms with Crippen molar-refractivity contribution in [1.82, 2.24) is 0 Å². The normalized spacial score (nSPS) is 10.5. The van der Waals surface area contributed by atoms with Gasteiger partial charge in [0.15, 0.2) is 12.4 Å². The molecular weight excluding hydrogens is 383 g/mol. The first-order chi connectivity index (χ1) is 11.7. The SMILES string of the molecule is Cc1c(Cl)c(C)c(Cl)c(OCC(=O)Nc2ccc(N(C)C)cc2)c1Cl. The van der Waals surface area contributed by atoms with Crippen LogP contribution >= 0.6 is 34.8 Å². The Morgan fingerprint density at radius 1 is 1.00 bits per heavy atom. The minimum atomic E-state index is -0.310. The topological polar surface area (TPSA) is 41.6 Å². The number of ether oxygens (including phenoxy) is 1. The molecule has 1 amide bonds. The summed E-state index contributed by atoms with van der Waals surface area (Å²) in [7, 11) is 3.90. The van der Waals surface area contributed by atoms with Crippen LogP contribution in [0.3, 0.4) is 0 Å². The summed E-state index contributed by atoms with van der Waals surface area (Å²) in [5.41, 5.74) is 3.06. The summed E-state index contributed by atoms with van der Waals surface area (Å²) < 4.78 is 5.54. The molecule has 0 spiro atoms. The van der Waals surface area contributed by atoms with Crippen LogP contribution in [0.4, 0.5) is 11.4 Å². The second kappa shape index (κ2) is 8.17. The number of nitrogens with one attached hydrogen (secondary N) is 1. The van der Waals surface area contributed by atoms with Crippen LogP contribution < -0.4 is 15.0 Å². The first-order valence-electron chi connectivity index (χ1n) is 7.56. The number of carbonyl (C=O) groups excluding carboxylic acids is 1. The fourth-order valence-electron chi connectivity index (χ4n) is 2.22. The minimum absolute atomic E-state index is 0.213. The van der Waals surface area contributed by atoms with Crippen molar-refractivity contribution in [2.24, 2.45) is 0 Å². The number of hydrogen-bond acceptors (Lipinski definition) is 3. The number of carbonyl (C=O) groups is 1. The lowest BCUT2D eigenvalue weighted by Crippen LogP contribution is -2.20. The molecule has 4 nitrogen and oxygen atoms in total. The number of hydrogen-bond donors (Lipinski definition) is 1. The Bertz CT molecular complexity index is 761. The molecule has 0 radical (unpaired) electrons. The van der Waals surface area contributed by atoms with Crippen LogP contribution in [0.1, 0.15) is 11.1 Å². The van der Waals surface area contributed by atoms with Crippen molar-refractivity contribution in [2.45, 2.75) is 13.8 Å². The Morgan fingerprint density at radius 3 is 2.00 bits per heavy atom.